The Morgan fingerprint density at radius 3 is 2.23 bits per heavy atom. The van der Waals surface area contributed by atoms with Gasteiger partial charge in [0.1, 0.15) is 0 Å². The Labute approximate surface area is 78.7 Å². The summed E-state index contributed by atoms with van der Waals surface area (Å²) < 4.78 is 23.8. The monoisotopic (exact) mass is 208 g/mol. The van der Waals surface area contributed by atoms with Gasteiger partial charge in [0.15, 0.2) is 0 Å². The number of hydrogen-bond acceptors (Lipinski definition) is 4. The smallest absolute Gasteiger partial charge is 0.235 e. The summed E-state index contributed by atoms with van der Waals surface area (Å²) in [5.41, 5.74) is 4.85. The molecule has 13 heavy (non-hydrogen) atoms. The lowest BCUT2D eigenvalue weighted by Gasteiger charge is -2.17. The van der Waals surface area contributed by atoms with E-state index in [4.69, 9.17) is 5.73 Å². The summed E-state index contributed by atoms with van der Waals surface area (Å²) in [6.45, 7) is 4.78. The van der Waals surface area contributed by atoms with Crippen LogP contribution in [0.4, 0.5) is 0 Å². The van der Waals surface area contributed by atoms with Gasteiger partial charge in [-0.3, -0.25) is 9.52 Å². The van der Waals surface area contributed by atoms with Crippen molar-refractivity contribution in [2.75, 3.05) is 5.75 Å². The number of carbonyl (C=O) groups is 1. The largest absolute Gasteiger partial charge is 0.325 e. The first-order chi connectivity index (χ1) is 5.66. The maximum atomic E-state index is 11.1. The molecule has 6 heteroatoms. The summed E-state index contributed by atoms with van der Waals surface area (Å²) in [6.07, 6.45) is -0.00771. The Kier molecular flexibility index (Phi) is 3.87. The van der Waals surface area contributed by atoms with Gasteiger partial charge in [0, 0.05) is 12.0 Å². The van der Waals surface area contributed by atoms with E-state index >= 15 is 0 Å². The van der Waals surface area contributed by atoms with Crippen LogP contribution < -0.4 is 10.5 Å². The van der Waals surface area contributed by atoms with Crippen molar-refractivity contribution in [1.29, 1.82) is 0 Å². The fourth-order valence-corrected chi connectivity index (χ4v) is 1.26. The number of hydrogen-bond donors (Lipinski definition) is 2. The Morgan fingerprint density at radius 1 is 1.46 bits per heavy atom. The van der Waals surface area contributed by atoms with Gasteiger partial charge in [0.05, 0.1) is 5.75 Å². The highest BCUT2D eigenvalue weighted by Gasteiger charge is 2.19. The van der Waals surface area contributed by atoms with Crippen LogP contribution in [0, 0.1) is 0 Å². The van der Waals surface area contributed by atoms with Gasteiger partial charge in [-0.05, 0) is 20.8 Å². The van der Waals surface area contributed by atoms with Crippen molar-refractivity contribution in [1.82, 2.24) is 4.72 Å². The molecule has 0 saturated heterocycles. The van der Waals surface area contributed by atoms with E-state index in [9.17, 15) is 13.2 Å². The van der Waals surface area contributed by atoms with E-state index < -0.39 is 21.5 Å². The van der Waals surface area contributed by atoms with Gasteiger partial charge in [0.2, 0.25) is 15.9 Å². The molecule has 0 fully saturated rings. The summed E-state index contributed by atoms with van der Waals surface area (Å²) in [5.74, 6) is -0.668. The number of nitrogens with two attached hydrogens (primary N) is 1. The zero-order valence-corrected chi connectivity index (χ0v) is 8.94. The molecule has 0 unspecified atom stereocenters. The normalized spacial score (nSPS) is 12.6. The minimum atomic E-state index is -3.45. The van der Waals surface area contributed by atoms with Crippen molar-refractivity contribution in [3.05, 3.63) is 0 Å². The molecule has 0 radical (unpaired) electrons. The molecule has 3 N–H and O–H groups in total. The lowest BCUT2D eigenvalue weighted by Crippen LogP contribution is -2.41. The number of sulfonamides is 1. The molecule has 0 atom stereocenters. The Bertz CT molecular complexity index is 277. The van der Waals surface area contributed by atoms with Gasteiger partial charge in [-0.2, -0.15) is 0 Å². The minimum absolute atomic E-state index is 0.00771. The quantitative estimate of drug-likeness (QED) is 0.656. The van der Waals surface area contributed by atoms with Crippen LogP contribution in [0.15, 0.2) is 0 Å². The summed E-state index contributed by atoms with van der Waals surface area (Å²) in [7, 11) is -3.45. The van der Waals surface area contributed by atoms with Crippen LogP contribution in [-0.2, 0) is 14.8 Å². The predicted molar refractivity (Wildman–Crippen MR) is 50.5 cm³/mol. The van der Waals surface area contributed by atoms with E-state index in [0.717, 1.165) is 0 Å². The molecule has 0 aliphatic carbocycles. The molecule has 0 saturated carbocycles. The van der Waals surface area contributed by atoms with Crippen LogP contribution in [-0.4, -0.2) is 25.6 Å². The fraction of sp³-hybridized carbons (Fsp3) is 0.857. The van der Waals surface area contributed by atoms with Crippen LogP contribution in [0.1, 0.15) is 27.2 Å². The van der Waals surface area contributed by atoms with E-state index in [2.05, 4.69) is 0 Å². The zero-order chi connectivity index (χ0) is 10.7. The van der Waals surface area contributed by atoms with Gasteiger partial charge < -0.3 is 5.73 Å². The van der Waals surface area contributed by atoms with Crippen LogP contribution in [0.5, 0.6) is 0 Å². The van der Waals surface area contributed by atoms with E-state index in [1.54, 1.807) is 13.8 Å². The summed E-state index contributed by atoms with van der Waals surface area (Å²) in [6, 6.07) is 0. The molecule has 78 valence electrons. The van der Waals surface area contributed by atoms with Crippen molar-refractivity contribution >= 4 is 15.9 Å². The van der Waals surface area contributed by atoms with Crippen molar-refractivity contribution in [2.45, 2.75) is 32.7 Å². The van der Waals surface area contributed by atoms with Crippen LogP contribution in [0.3, 0.4) is 0 Å². The maximum Gasteiger partial charge on any atom is 0.235 e. The van der Waals surface area contributed by atoms with Gasteiger partial charge in [-0.15, -0.1) is 0 Å². The molecule has 0 aromatic carbocycles. The van der Waals surface area contributed by atoms with Crippen LogP contribution in [0.25, 0.3) is 0 Å². The number of amides is 1. The number of nitrogens with one attached hydrogen (secondary N) is 1. The first-order valence-corrected chi connectivity index (χ1v) is 5.64. The first kappa shape index (κ1) is 12.4. The summed E-state index contributed by atoms with van der Waals surface area (Å²) >= 11 is 0. The molecule has 0 aromatic heterocycles. The van der Waals surface area contributed by atoms with E-state index in [0.29, 0.717) is 0 Å². The third-order valence-corrected chi connectivity index (χ3v) is 2.56. The predicted octanol–water partition coefficient (Wildman–Crippen LogP) is -0.420. The third-order valence-electron chi connectivity index (χ3n) is 1.27. The Balaban J connectivity index is 4.19. The number of carbonyl (C=O) groups excluding carboxylic acids is 1. The molecule has 1 amide bonds. The minimum Gasteiger partial charge on any atom is -0.325 e. The highest BCUT2D eigenvalue weighted by atomic mass is 32.2. The first-order valence-electron chi connectivity index (χ1n) is 3.98. The molecule has 5 nitrogen and oxygen atoms in total. The van der Waals surface area contributed by atoms with E-state index in [1.807, 2.05) is 4.72 Å². The molecule has 0 aliphatic heterocycles. The van der Waals surface area contributed by atoms with Crippen molar-refractivity contribution in [3.8, 4) is 0 Å². The molecule has 0 rings (SSSR count). The molecular formula is C7H16N2O3S. The highest BCUT2D eigenvalue weighted by Crippen LogP contribution is 2.03. The van der Waals surface area contributed by atoms with Crippen LogP contribution in [0.2, 0.25) is 0 Å². The standard InChI is InChI=1S/C7H16N2O3S/c1-4-13(11,12)9-6(10)5-7(2,3)8/h4-5,8H2,1-3H3,(H,9,10). The van der Waals surface area contributed by atoms with Crippen molar-refractivity contribution in [2.24, 2.45) is 5.73 Å². The summed E-state index contributed by atoms with van der Waals surface area (Å²) in [5, 5.41) is 0. The molecule has 0 heterocycles. The van der Waals surface area contributed by atoms with Crippen LogP contribution >= 0.6 is 0 Å². The summed E-state index contributed by atoms with van der Waals surface area (Å²) in [4.78, 5) is 11.1. The topological polar surface area (TPSA) is 89.3 Å². The van der Waals surface area contributed by atoms with Gasteiger partial charge in [0.25, 0.3) is 0 Å². The van der Waals surface area contributed by atoms with Gasteiger partial charge in [-0.25, -0.2) is 8.42 Å². The lowest BCUT2D eigenvalue weighted by atomic mass is 10.0. The molecule has 0 spiro atoms. The maximum absolute atomic E-state index is 11.1. The zero-order valence-electron chi connectivity index (χ0n) is 8.12. The highest BCUT2D eigenvalue weighted by molar-refractivity contribution is 7.90. The SMILES string of the molecule is CCS(=O)(=O)NC(=O)CC(C)(C)N. The average Bonchev–Trinajstić information content (AvgIpc) is 1.81. The average molecular weight is 208 g/mol. The Hall–Kier alpha value is -0.620. The van der Waals surface area contributed by atoms with Crippen molar-refractivity contribution in [3.63, 3.8) is 0 Å². The lowest BCUT2D eigenvalue weighted by molar-refractivity contribution is -0.120. The van der Waals surface area contributed by atoms with E-state index in [-0.39, 0.29) is 12.2 Å². The molecule has 0 aliphatic rings. The Morgan fingerprint density at radius 2 is 1.92 bits per heavy atom. The molecule has 0 aromatic rings. The second-order valence-electron chi connectivity index (χ2n) is 3.59. The van der Waals surface area contributed by atoms with Gasteiger partial charge in [-0.1, -0.05) is 0 Å². The van der Waals surface area contributed by atoms with Gasteiger partial charge >= 0.3 is 0 Å². The van der Waals surface area contributed by atoms with Crippen molar-refractivity contribution < 1.29 is 13.2 Å². The number of rotatable bonds is 4. The molecular weight excluding hydrogens is 192 g/mol. The van der Waals surface area contributed by atoms with E-state index in [1.165, 1.54) is 6.92 Å². The second-order valence-corrected chi connectivity index (χ2v) is 5.60. The third kappa shape index (κ3) is 6.53. The fourth-order valence-electron chi connectivity index (χ4n) is 0.696. The second kappa shape index (κ2) is 4.06. The molecule has 0 bridgehead atoms.